The van der Waals surface area contributed by atoms with Crippen molar-refractivity contribution in [3.05, 3.63) is 34.4 Å². The Bertz CT molecular complexity index is 1220. The van der Waals surface area contributed by atoms with Crippen LogP contribution < -0.4 is 10.9 Å². The van der Waals surface area contributed by atoms with Gasteiger partial charge in [0.15, 0.2) is 0 Å². The maximum absolute atomic E-state index is 12.9. The van der Waals surface area contributed by atoms with E-state index in [-0.39, 0.29) is 40.8 Å². The lowest BCUT2D eigenvalue weighted by atomic mass is 9.39. The molecule has 4 saturated carbocycles. The normalized spacial score (nSPS) is 43.8. The Kier molecular flexibility index (Phi) is 7.08. The molecular formula is C32H46N2O7. The van der Waals surface area contributed by atoms with Gasteiger partial charge in [-0.05, 0) is 79.2 Å². The van der Waals surface area contributed by atoms with Gasteiger partial charge in [-0.1, -0.05) is 20.8 Å². The quantitative estimate of drug-likeness (QED) is 0.519. The number of hydrogen-bond donors (Lipinski definition) is 2. The van der Waals surface area contributed by atoms with Crippen LogP contribution in [0.15, 0.2) is 27.6 Å². The van der Waals surface area contributed by atoms with Crippen LogP contribution in [0.4, 0.5) is 4.79 Å². The number of amides is 1. The molecule has 9 nitrogen and oxygen atoms in total. The van der Waals surface area contributed by atoms with E-state index in [1.165, 1.54) is 19.3 Å². The lowest BCUT2D eigenvalue weighted by molar-refractivity contribution is -0.226. The summed E-state index contributed by atoms with van der Waals surface area (Å²) in [5.74, 6) is -0.243. The number of ether oxygens (including phenoxy) is 2. The molecule has 6 rings (SSSR count). The van der Waals surface area contributed by atoms with E-state index in [1.54, 1.807) is 6.07 Å². The first-order valence-electron chi connectivity index (χ1n) is 15.5. The van der Waals surface area contributed by atoms with E-state index in [0.29, 0.717) is 25.4 Å². The molecule has 0 radical (unpaired) electrons. The standard InChI is InChI=1S/C32H46N2O7/c1-20(35)40-25-18-32(38)24-8-10-29(2)17-22(41-28(37)34-15-13-33-14-16-34)7-11-30(29,3)23(24)9-12-31(32,4)27(25)21-5-6-26(36)39-19-21/h5-6,19,22-25,27,33,38H,7-18H2,1-4H3/t22-,23-,24+,25-,27-,29+,30+,31+,32-/m0/s1. The highest BCUT2D eigenvalue weighted by Crippen LogP contribution is 2.73. The van der Waals surface area contributed by atoms with Crippen LogP contribution >= 0.6 is 0 Å². The minimum absolute atomic E-state index is 0.000512. The predicted molar refractivity (Wildman–Crippen MR) is 151 cm³/mol. The van der Waals surface area contributed by atoms with Crippen molar-refractivity contribution in [2.75, 3.05) is 26.2 Å². The van der Waals surface area contributed by atoms with Crippen LogP contribution in [0.5, 0.6) is 0 Å². The van der Waals surface area contributed by atoms with Gasteiger partial charge in [-0.15, -0.1) is 0 Å². The van der Waals surface area contributed by atoms with Gasteiger partial charge < -0.3 is 29.2 Å². The predicted octanol–water partition coefficient (Wildman–Crippen LogP) is 4.22. The average molecular weight is 571 g/mol. The monoisotopic (exact) mass is 570 g/mol. The Morgan fingerprint density at radius 2 is 1.68 bits per heavy atom. The van der Waals surface area contributed by atoms with Gasteiger partial charge in [-0.2, -0.15) is 0 Å². The van der Waals surface area contributed by atoms with Crippen molar-refractivity contribution >= 4 is 12.1 Å². The Morgan fingerprint density at radius 3 is 2.37 bits per heavy atom. The Hall–Kier alpha value is -2.39. The lowest BCUT2D eigenvalue weighted by Gasteiger charge is -2.67. The molecule has 9 heteroatoms. The molecule has 0 aromatic carbocycles. The fraction of sp³-hybridized carbons (Fsp3) is 0.781. The maximum atomic E-state index is 12.9. The summed E-state index contributed by atoms with van der Waals surface area (Å²) in [5.41, 5.74) is -1.18. The molecular weight excluding hydrogens is 524 g/mol. The second-order valence-electron chi connectivity index (χ2n) is 14.3. The van der Waals surface area contributed by atoms with Crippen molar-refractivity contribution in [2.45, 2.75) is 103 Å². The number of hydrogen-bond acceptors (Lipinski definition) is 8. The molecule has 2 N–H and O–H groups in total. The number of esters is 1. The summed E-state index contributed by atoms with van der Waals surface area (Å²) in [5, 5.41) is 16.1. The highest BCUT2D eigenvalue weighted by Gasteiger charge is 2.72. The maximum Gasteiger partial charge on any atom is 0.410 e. The molecule has 1 amide bonds. The first-order chi connectivity index (χ1) is 19.4. The fourth-order valence-corrected chi connectivity index (χ4v) is 10.2. The molecule has 1 saturated heterocycles. The van der Waals surface area contributed by atoms with Crippen LogP contribution in [0.2, 0.25) is 0 Å². The van der Waals surface area contributed by atoms with E-state index in [2.05, 4.69) is 26.1 Å². The van der Waals surface area contributed by atoms with E-state index in [9.17, 15) is 19.5 Å². The average Bonchev–Trinajstić information content (AvgIpc) is 3.16. The van der Waals surface area contributed by atoms with E-state index >= 15 is 0 Å². The second-order valence-corrected chi connectivity index (χ2v) is 14.3. The van der Waals surface area contributed by atoms with Crippen LogP contribution in [0.3, 0.4) is 0 Å². The summed E-state index contributed by atoms with van der Waals surface area (Å²) in [6.07, 6.45) is 7.34. The molecule has 1 aromatic rings. The number of carbonyl (C=O) groups excluding carboxylic acids is 2. The van der Waals surface area contributed by atoms with Gasteiger partial charge in [-0.3, -0.25) is 4.79 Å². The Balaban J connectivity index is 1.25. The summed E-state index contributed by atoms with van der Waals surface area (Å²) >= 11 is 0. The highest BCUT2D eigenvalue weighted by atomic mass is 16.6. The van der Waals surface area contributed by atoms with Crippen molar-refractivity contribution in [3.63, 3.8) is 0 Å². The van der Waals surface area contributed by atoms with Gasteiger partial charge in [0.05, 0.1) is 11.9 Å². The zero-order chi connectivity index (χ0) is 29.2. The topological polar surface area (TPSA) is 118 Å². The van der Waals surface area contributed by atoms with Crippen LogP contribution in [-0.2, 0) is 14.3 Å². The summed E-state index contributed by atoms with van der Waals surface area (Å²) in [4.78, 5) is 38.6. The zero-order valence-electron chi connectivity index (χ0n) is 24.9. The van der Waals surface area contributed by atoms with Crippen LogP contribution in [0.25, 0.3) is 0 Å². The van der Waals surface area contributed by atoms with Crippen LogP contribution in [0, 0.1) is 28.1 Å². The number of aliphatic hydroxyl groups is 1. The molecule has 41 heavy (non-hydrogen) atoms. The summed E-state index contributed by atoms with van der Waals surface area (Å²) in [7, 11) is 0. The molecule has 0 spiro atoms. The van der Waals surface area contributed by atoms with Gasteiger partial charge in [0, 0.05) is 56.9 Å². The number of piperazine rings is 1. The van der Waals surface area contributed by atoms with Crippen molar-refractivity contribution in [2.24, 2.45) is 28.1 Å². The fourth-order valence-electron chi connectivity index (χ4n) is 10.2. The van der Waals surface area contributed by atoms with Gasteiger partial charge in [-0.25, -0.2) is 9.59 Å². The van der Waals surface area contributed by atoms with Crippen molar-refractivity contribution in [1.82, 2.24) is 10.2 Å². The minimum Gasteiger partial charge on any atom is -0.462 e. The first-order valence-corrected chi connectivity index (χ1v) is 15.5. The van der Waals surface area contributed by atoms with E-state index in [4.69, 9.17) is 13.9 Å². The summed E-state index contributed by atoms with van der Waals surface area (Å²) < 4.78 is 17.2. The molecule has 0 bridgehead atoms. The number of nitrogens with zero attached hydrogens (tertiary/aromatic N) is 1. The summed E-state index contributed by atoms with van der Waals surface area (Å²) in [6.45, 7) is 11.3. The molecule has 0 unspecified atom stereocenters. The summed E-state index contributed by atoms with van der Waals surface area (Å²) in [6, 6.07) is 3.17. The van der Waals surface area contributed by atoms with E-state index in [0.717, 1.165) is 63.6 Å². The van der Waals surface area contributed by atoms with Gasteiger partial charge in [0.25, 0.3) is 0 Å². The van der Waals surface area contributed by atoms with Crippen molar-refractivity contribution in [1.29, 1.82) is 0 Å². The largest absolute Gasteiger partial charge is 0.462 e. The molecule has 1 aliphatic heterocycles. The number of nitrogens with one attached hydrogen (secondary N) is 1. The third kappa shape index (κ3) is 4.44. The van der Waals surface area contributed by atoms with Gasteiger partial charge in [0.2, 0.25) is 0 Å². The first kappa shape index (κ1) is 28.7. The van der Waals surface area contributed by atoms with Crippen molar-refractivity contribution < 1.29 is 28.6 Å². The Labute approximate surface area is 242 Å². The third-order valence-electron chi connectivity index (χ3n) is 12.5. The van der Waals surface area contributed by atoms with E-state index < -0.39 is 22.7 Å². The third-order valence-corrected chi connectivity index (χ3v) is 12.5. The second kappa shape index (κ2) is 10.1. The van der Waals surface area contributed by atoms with Gasteiger partial charge >= 0.3 is 17.7 Å². The van der Waals surface area contributed by atoms with Crippen LogP contribution in [0.1, 0.15) is 90.5 Å². The van der Waals surface area contributed by atoms with Crippen molar-refractivity contribution in [3.8, 4) is 0 Å². The zero-order valence-corrected chi connectivity index (χ0v) is 24.9. The molecule has 5 fully saturated rings. The van der Waals surface area contributed by atoms with Gasteiger partial charge in [0.1, 0.15) is 12.2 Å². The lowest BCUT2D eigenvalue weighted by Crippen LogP contribution is -2.64. The molecule has 226 valence electrons. The Morgan fingerprint density at radius 1 is 0.976 bits per heavy atom. The SMILES string of the molecule is CC(=O)O[C@H]1C[C@]2(O)[C@@H]3CC[C@]4(C)C[C@@H](OC(=O)N5CCNCC5)CC[C@]4(C)[C@H]3CC[C@]2(C)[C@H]1c1ccc(=O)oc1. The minimum atomic E-state index is -1.02. The molecule has 2 heterocycles. The molecule has 4 aliphatic carbocycles. The van der Waals surface area contributed by atoms with E-state index in [1.807, 2.05) is 4.90 Å². The number of fused-ring (bicyclic) bond motifs is 5. The molecule has 5 aliphatic rings. The number of carbonyl (C=O) groups is 2. The van der Waals surface area contributed by atoms with Crippen LogP contribution in [-0.4, -0.2) is 66.1 Å². The number of rotatable bonds is 3. The molecule has 1 aromatic heterocycles. The highest BCUT2D eigenvalue weighted by molar-refractivity contribution is 5.68. The smallest absolute Gasteiger partial charge is 0.410 e. The molecule has 9 atom stereocenters.